The summed E-state index contributed by atoms with van der Waals surface area (Å²) in [4.78, 5) is 0. The summed E-state index contributed by atoms with van der Waals surface area (Å²) < 4.78 is 0. The van der Waals surface area contributed by atoms with Gasteiger partial charge in [0.1, 0.15) is 0 Å². The van der Waals surface area contributed by atoms with Crippen LogP contribution in [0.4, 0.5) is 0 Å². The first-order chi connectivity index (χ1) is 13.7. The predicted molar refractivity (Wildman–Crippen MR) is 125 cm³/mol. The summed E-state index contributed by atoms with van der Waals surface area (Å²) in [6.45, 7) is 7.50. The van der Waals surface area contributed by atoms with Crippen molar-refractivity contribution in [1.29, 1.82) is 0 Å². The van der Waals surface area contributed by atoms with Crippen LogP contribution in [0.2, 0.25) is 0 Å². The molecule has 0 heterocycles. The van der Waals surface area contributed by atoms with E-state index in [0.717, 1.165) is 41.4 Å². The molecule has 0 saturated heterocycles. The lowest BCUT2D eigenvalue weighted by molar-refractivity contribution is 0.109. The van der Waals surface area contributed by atoms with Crippen molar-refractivity contribution in [2.75, 3.05) is 0 Å². The third-order valence-corrected chi connectivity index (χ3v) is 9.43. The molecule has 0 amide bonds. The molecule has 28 heavy (non-hydrogen) atoms. The first-order valence-corrected chi connectivity index (χ1v) is 13.7. The van der Waals surface area contributed by atoms with Crippen molar-refractivity contribution in [2.45, 2.75) is 136 Å². The molecule has 0 N–H and O–H groups in total. The number of rotatable bonds is 4. The second-order valence-electron chi connectivity index (χ2n) is 11.6. The van der Waals surface area contributed by atoms with Gasteiger partial charge in [-0.15, -0.1) is 0 Å². The smallest absolute Gasteiger partial charge is 0.0357 e. The van der Waals surface area contributed by atoms with E-state index in [4.69, 9.17) is 0 Å². The summed E-state index contributed by atoms with van der Waals surface area (Å²) in [7, 11) is 0. The Morgan fingerprint density at radius 2 is 1.29 bits per heavy atom. The molecule has 164 valence electrons. The minimum atomic E-state index is 0.975. The molecule has 0 nitrogen and oxygen atoms in total. The Balaban J connectivity index is 1.62. The van der Waals surface area contributed by atoms with E-state index in [1.54, 1.807) is 38.5 Å². The maximum absolute atomic E-state index is 2.58. The van der Waals surface area contributed by atoms with E-state index in [1.807, 2.05) is 0 Å². The fraction of sp³-hybridized carbons (Fsp3) is 1.00. The maximum atomic E-state index is 2.58. The van der Waals surface area contributed by atoms with Crippen LogP contribution in [0.3, 0.4) is 0 Å². The molecule has 0 aromatic heterocycles. The molecular weight excluding hydrogens is 336 g/mol. The van der Waals surface area contributed by atoms with E-state index in [9.17, 15) is 0 Å². The van der Waals surface area contributed by atoms with Gasteiger partial charge < -0.3 is 0 Å². The van der Waals surface area contributed by atoms with Gasteiger partial charge in [-0.25, -0.2) is 0 Å². The van der Waals surface area contributed by atoms with Crippen LogP contribution in [0.1, 0.15) is 136 Å². The molecule has 5 atom stereocenters. The minimum absolute atomic E-state index is 0.975. The van der Waals surface area contributed by atoms with E-state index in [-0.39, 0.29) is 0 Å². The molecule has 0 aliphatic heterocycles. The Morgan fingerprint density at radius 3 is 2.04 bits per heavy atom. The average Bonchev–Trinajstić information content (AvgIpc) is 2.70. The molecule has 0 aromatic carbocycles. The first-order valence-electron chi connectivity index (χ1n) is 13.7. The van der Waals surface area contributed by atoms with Gasteiger partial charge in [-0.3, -0.25) is 0 Å². The van der Waals surface area contributed by atoms with Crippen LogP contribution in [-0.4, -0.2) is 0 Å². The average molecular weight is 389 g/mol. The van der Waals surface area contributed by atoms with Gasteiger partial charge in [0.05, 0.1) is 0 Å². The van der Waals surface area contributed by atoms with E-state index in [2.05, 4.69) is 20.8 Å². The van der Waals surface area contributed by atoms with Gasteiger partial charge in [0.15, 0.2) is 0 Å². The lowest BCUT2D eigenvalue weighted by Crippen LogP contribution is -2.29. The van der Waals surface area contributed by atoms with Crippen molar-refractivity contribution < 1.29 is 0 Å². The van der Waals surface area contributed by atoms with Crippen LogP contribution >= 0.6 is 0 Å². The topological polar surface area (TPSA) is 0 Å². The monoisotopic (exact) mass is 388 g/mol. The van der Waals surface area contributed by atoms with Crippen molar-refractivity contribution in [3.05, 3.63) is 0 Å². The normalized spacial score (nSPS) is 41.5. The first kappa shape index (κ1) is 22.7. The third kappa shape index (κ3) is 7.05. The summed E-state index contributed by atoms with van der Waals surface area (Å²) in [6.07, 6.45) is 27.5. The second kappa shape index (κ2) is 12.0. The van der Waals surface area contributed by atoms with Crippen molar-refractivity contribution in [2.24, 2.45) is 41.4 Å². The molecule has 0 spiro atoms. The molecule has 3 rings (SSSR count). The van der Waals surface area contributed by atoms with Gasteiger partial charge in [0, 0.05) is 0 Å². The highest BCUT2D eigenvalue weighted by molar-refractivity contribution is 4.84. The number of fused-ring (bicyclic) bond motifs is 1. The quantitative estimate of drug-likeness (QED) is 0.450. The van der Waals surface area contributed by atoms with Gasteiger partial charge in [-0.05, 0) is 60.7 Å². The largest absolute Gasteiger partial charge is 0.0651 e. The van der Waals surface area contributed by atoms with Crippen LogP contribution in [0.15, 0.2) is 0 Å². The number of hydrogen-bond donors (Lipinski definition) is 0. The molecule has 3 saturated carbocycles. The van der Waals surface area contributed by atoms with Crippen molar-refractivity contribution in [1.82, 2.24) is 0 Å². The van der Waals surface area contributed by atoms with E-state index in [1.165, 1.54) is 77.0 Å². The highest BCUT2D eigenvalue weighted by Gasteiger charge is 2.33. The second-order valence-corrected chi connectivity index (χ2v) is 11.6. The summed E-state index contributed by atoms with van der Waals surface area (Å²) in [6, 6.07) is 0. The van der Waals surface area contributed by atoms with Crippen molar-refractivity contribution in [3.63, 3.8) is 0 Å². The fourth-order valence-corrected chi connectivity index (χ4v) is 7.40. The van der Waals surface area contributed by atoms with Gasteiger partial charge in [-0.2, -0.15) is 0 Å². The Bertz CT molecular complexity index is 404. The van der Waals surface area contributed by atoms with Crippen molar-refractivity contribution in [3.8, 4) is 0 Å². The lowest BCUT2D eigenvalue weighted by atomic mass is 9.66. The zero-order valence-electron chi connectivity index (χ0n) is 19.8. The Labute approximate surface area is 178 Å². The van der Waals surface area contributed by atoms with Gasteiger partial charge in [0.25, 0.3) is 0 Å². The minimum Gasteiger partial charge on any atom is -0.0651 e. The molecular formula is C28H52. The van der Waals surface area contributed by atoms with Crippen LogP contribution in [-0.2, 0) is 0 Å². The third-order valence-electron chi connectivity index (χ3n) is 9.43. The number of hydrogen-bond acceptors (Lipinski definition) is 0. The van der Waals surface area contributed by atoms with E-state index in [0.29, 0.717) is 0 Å². The predicted octanol–water partition coefficient (Wildman–Crippen LogP) is 9.42. The standard InChI is InChI=1S/C28H52/c1-4-24-10-7-9-23(3)21-27-12-5-6-14-28(27)26(13-8-11-24)20-19-25-17-15-22(2)16-18-25/h22-28H,4-21H2,1-3H3. The zero-order valence-corrected chi connectivity index (χ0v) is 19.8. The molecule has 0 aromatic rings. The Hall–Kier alpha value is 0. The SMILES string of the molecule is CCC1CCCC(C)CC2CCCCC2C(CCC2CCC(C)CC2)CCC1. The summed E-state index contributed by atoms with van der Waals surface area (Å²) >= 11 is 0. The van der Waals surface area contributed by atoms with E-state index >= 15 is 0 Å². The van der Waals surface area contributed by atoms with Crippen LogP contribution in [0.5, 0.6) is 0 Å². The summed E-state index contributed by atoms with van der Waals surface area (Å²) in [5, 5.41) is 0. The highest BCUT2D eigenvalue weighted by atomic mass is 14.4. The molecule has 3 aliphatic carbocycles. The van der Waals surface area contributed by atoms with E-state index < -0.39 is 0 Å². The molecule has 0 radical (unpaired) electrons. The van der Waals surface area contributed by atoms with Crippen molar-refractivity contribution >= 4 is 0 Å². The molecule has 0 heteroatoms. The van der Waals surface area contributed by atoms with Crippen LogP contribution in [0.25, 0.3) is 0 Å². The van der Waals surface area contributed by atoms with Gasteiger partial charge >= 0.3 is 0 Å². The van der Waals surface area contributed by atoms with Gasteiger partial charge in [-0.1, -0.05) is 117 Å². The molecule has 0 bridgehead atoms. The maximum Gasteiger partial charge on any atom is -0.0357 e. The fourth-order valence-electron chi connectivity index (χ4n) is 7.40. The summed E-state index contributed by atoms with van der Waals surface area (Å²) in [5.41, 5.74) is 0. The molecule has 5 unspecified atom stereocenters. The highest BCUT2D eigenvalue weighted by Crippen LogP contribution is 2.44. The van der Waals surface area contributed by atoms with Gasteiger partial charge in [0.2, 0.25) is 0 Å². The van der Waals surface area contributed by atoms with Crippen LogP contribution < -0.4 is 0 Å². The Morgan fingerprint density at radius 1 is 0.571 bits per heavy atom. The molecule has 3 aliphatic rings. The lowest BCUT2D eigenvalue weighted by Gasteiger charge is -2.40. The zero-order chi connectivity index (χ0) is 19.8. The Kier molecular flexibility index (Phi) is 9.72. The molecule has 3 fully saturated rings. The summed E-state index contributed by atoms with van der Waals surface area (Å²) in [5.74, 6) is 7.29. The van der Waals surface area contributed by atoms with Crippen LogP contribution in [0, 0.1) is 41.4 Å².